The van der Waals surface area contributed by atoms with Gasteiger partial charge in [-0.1, -0.05) is 0 Å². The molecule has 1 aromatic carbocycles. The van der Waals surface area contributed by atoms with Gasteiger partial charge in [0.2, 0.25) is 5.91 Å². The highest BCUT2D eigenvalue weighted by molar-refractivity contribution is 5.92. The third-order valence-corrected chi connectivity index (χ3v) is 2.34. The molecule has 0 unspecified atom stereocenters. The zero-order valence-electron chi connectivity index (χ0n) is 10.7. The van der Waals surface area contributed by atoms with Crippen LogP contribution in [0.15, 0.2) is 18.2 Å². The minimum atomic E-state index is -4.68. The Morgan fingerprint density at radius 1 is 1.33 bits per heavy atom. The summed E-state index contributed by atoms with van der Waals surface area (Å²) in [5, 5.41) is 2.05. The van der Waals surface area contributed by atoms with Crippen LogP contribution < -0.4 is 11.1 Å². The van der Waals surface area contributed by atoms with E-state index >= 15 is 0 Å². The molecular weight excluding hydrogens is 299 g/mol. The molecule has 4 nitrogen and oxygen atoms in total. The molecule has 0 aliphatic heterocycles. The summed E-state index contributed by atoms with van der Waals surface area (Å²) in [7, 11) is 0. The predicted octanol–water partition coefficient (Wildman–Crippen LogP) is 2.90. The van der Waals surface area contributed by atoms with Crippen LogP contribution in [0.3, 0.4) is 0 Å². The topological polar surface area (TPSA) is 64.3 Å². The summed E-state index contributed by atoms with van der Waals surface area (Å²) in [5.41, 5.74) is 3.65. The van der Waals surface area contributed by atoms with Gasteiger partial charge in [-0.15, -0.1) is 0 Å². The zero-order valence-corrected chi connectivity index (χ0v) is 10.7. The second-order valence-electron chi connectivity index (χ2n) is 4.07. The maximum Gasteiger partial charge on any atom is 0.418 e. The van der Waals surface area contributed by atoms with Crippen LogP contribution >= 0.6 is 0 Å². The van der Waals surface area contributed by atoms with Crippen LogP contribution in [0.25, 0.3) is 0 Å². The Morgan fingerprint density at radius 3 is 2.57 bits per heavy atom. The van der Waals surface area contributed by atoms with E-state index in [1.165, 1.54) is 6.07 Å². The number of anilines is 2. The second-order valence-corrected chi connectivity index (χ2v) is 4.07. The number of amides is 1. The average molecular weight is 312 g/mol. The first kappa shape index (κ1) is 17.2. The molecular formula is C12H13F5N2O2. The number of hydrogen-bond acceptors (Lipinski definition) is 3. The van der Waals surface area contributed by atoms with Gasteiger partial charge in [0.05, 0.1) is 24.3 Å². The molecule has 0 fully saturated rings. The molecule has 1 rings (SSSR count). The second kappa shape index (κ2) is 7.21. The quantitative estimate of drug-likeness (QED) is 0.482. The number of halogens is 5. The first-order valence-electron chi connectivity index (χ1n) is 5.82. The molecule has 1 amide bonds. The van der Waals surface area contributed by atoms with E-state index in [1.54, 1.807) is 0 Å². The Hall–Kier alpha value is -1.90. The number of nitrogens with one attached hydrogen (secondary N) is 1. The van der Waals surface area contributed by atoms with Crippen LogP contribution in [0.4, 0.5) is 33.3 Å². The Morgan fingerprint density at radius 2 is 2.00 bits per heavy atom. The third kappa shape index (κ3) is 5.94. The van der Waals surface area contributed by atoms with E-state index in [2.05, 4.69) is 10.1 Å². The van der Waals surface area contributed by atoms with Crippen molar-refractivity contribution in [2.75, 3.05) is 24.3 Å². The van der Waals surface area contributed by atoms with E-state index in [1.807, 2.05) is 0 Å². The number of benzene rings is 1. The minimum absolute atomic E-state index is 0.0967. The molecule has 0 saturated heterocycles. The lowest BCUT2D eigenvalue weighted by Crippen LogP contribution is -2.18. The van der Waals surface area contributed by atoms with E-state index in [0.29, 0.717) is 6.07 Å². The monoisotopic (exact) mass is 312 g/mol. The molecule has 0 heterocycles. The van der Waals surface area contributed by atoms with Crippen LogP contribution in [-0.4, -0.2) is 25.5 Å². The molecule has 21 heavy (non-hydrogen) atoms. The highest BCUT2D eigenvalue weighted by Gasteiger charge is 2.34. The van der Waals surface area contributed by atoms with Crippen molar-refractivity contribution < 1.29 is 31.5 Å². The van der Waals surface area contributed by atoms with Gasteiger partial charge in [-0.2, -0.15) is 13.2 Å². The number of nitrogen functional groups attached to an aromatic ring is 1. The summed E-state index contributed by atoms with van der Waals surface area (Å²) < 4.78 is 66.3. The maximum atomic E-state index is 12.8. The fourth-order valence-corrected chi connectivity index (χ4v) is 1.46. The van der Waals surface area contributed by atoms with E-state index < -0.39 is 36.4 Å². The summed E-state index contributed by atoms with van der Waals surface area (Å²) in [6.07, 6.45) is -7.68. The average Bonchev–Trinajstić information content (AvgIpc) is 2.35. The molecule has 3 N–H and O–H groups in total. The molecule has 1 aromatic rings. The number of carbonyl (C=O) groups is 1. The van der Waals surface area contributed by atoms with Gasteiger partial charge < -0.3 is 15.8 Å². The molecule has 0 aromatic heterocycles. The van der Waals surface area contributed by atoms with Crippen molar-refractivity contribution in [1.29, 1.82) is 0 Å². The molecule has 0 spiro atoms. The lowest BCUT2D eigenvalue weighted by molar-refractivity contribution is -0.136. The standard InChI is InChI=1S/C12H13F5N2O2/c13-10(14)6-21-4-3-11(20)19-9-2-1-7(18)5-8(9)12(15,16)17/h1-2,5,10H,3-4,6,18H2,(H,19,20). The number of rotatable bonds is 6. The van der Waals surface area contributed by atoms with Crippen molar-refractivity contribution in [3.05, 3.63) is 23.8 Å². The van der Waals surface area contributed by atoms with Gasteiger partial charge in [-0.3, -0.25) is 4.79 Å². The number of nitrogens with two attached hydrogens (primary N) is 1. The van der Waals surface area contributed by atoms with Crippen LogP contribution in [0.5, 0.6) is 0 Å². The molecule has 9 heteroatoms. The minimum Gasteiger partial charge on any atom is -0.399 e. The first-order chi connectivity index (χ1) is 9.70. The van der Waals surface area contributed by atoms with Crippen molar-refractivity contribution in [1.82, 2.24) is 0 Å². The highest BCUT2D eigenvalue weighted by Crippen LogP contribution is 2.36. The van der Waals surface area contributed by atoms with Crippen molar-refractivity contribution in [2.45, 2.75) is 19.0 Å². The third-order valence-electron chi connectivity index (χ3n) is 2.34. The fraction of sp³-hybridized carbons (Fsp3) is 0.417. The number of carbonyl (C=O) groups excluding carboxylic acids is 1. The Labute approximate surface area is 117 Å². The van der Waals surface area contributed by atoms with Gasteiger partial charge in [-0.05, 0) is 18.2 Å². The van der Waals surface area contributed by atoms with E-state index in [-0.39, 0.29) is 18.7 Å². The van der Waals surface area contributed by atoms with E-state index in [0.717, 1.165) is 6.07 Å². The lowest BCUT2D eigenvalue weighted by Gasteiger charge is -2.14. The Kier molecular flexibility index (Phi) is 5.89. The SMILES string of the molecule is Nc1ccc(NC(=O)CCOCC(F)F)c(C(F)(F)F)c1. The number of ether oxygens (including phenoxy) is 1. The molecule has 0 aliphatic rings. The van der Waals surface area contributed by atoms with Gasteiger partial charge in [0, 0.05) is 5.69 Å². The molecule has 0 saturated carbocycles. The number of hydrogen-bond donors (Lipinski definition) is 2. The van der Waals surface area contributed by atoms with Crippen LogP contribution in [-0.2, 0) is 15.7 Å². The maximum absolute atomic E-state index is 12.8. The highest BCUT2D eigenvalue weighted by atomic mass is 19.4. The van der Waals surface area contributed by atoms with E-state index in [9.17, 15) is 26.7 Å². The number of alkyl halides is 5. The molecule has 118 valence electrons. The van der Waals surface area contributed by atoms with Crippen LogP contribution in [0.2, 0.25) is 0 Å². The van der Waals surface area contributed by atoms with Crippen LogP contribution in [0, 0.1) is 0 Å². The van der Waals surface area contributed by atoms with Gasteiger partial charge in [0.25, 0.3) is 6.43 Å². The smallest absolute Gasteiger partial charge is 0.399 e. The summed E-state index contributed by atoms with van der Waals surface area (Å²) in [4.78, 5) is 11.4. The van der Waals surface area contributed by atoms with Gasteiger partial charge >= 0.3 is 6.18 Å². The van der Waals surface area contributed by atoms with Crippen LogP contribution in [0.1, 0.15) is 12.0 Å². The Balaban J connectivity index is 2.64. The molecule has 0 bridgehead atoms. The van der Waals surface area contributed by atoms with Crippen molar-refractivity contribution in [2.24, 2.45) is 0 Å². The van der Waals surface area contributed by atoms with Crippen molar-refractivity contribution in [3.63, 3.8) is 0 Å². The van der Waals surface area contributed by atoms with Crippen molar-refractivity contribution in [3.8, 4) is 0 Å². The molecule has 0 radical (unpaired) electrons. The molecule has 0 atom stereocenters. The molecule has 0 aliphatic carbocycles. The largest absolute Gasteiger partial charge is 0.418 e. The normalized spacial score (nSPS) is 11.7. The zero-order chi connectivity index (χ0) is 16.0. The summed E-state index contributed by atoms with van der Waals surface area (Å²) in [5.74, 6) is -0.778. The van der Waals surface area contributed by atoms with Gasteiger partial charge in [-0.25, -0.2) is 8.78 Å². The summed E-state index contributed by atoms with van der Waals surface area (Å²) in [6, 6.07) is 2.93. The van der Waals surface area contributed by atoms with Crippen molar-refractivity contribution >= 4 is 17.3 Å². The van der Waals surface area contributed by atoms with Gasteiger partial charge in [0.1, 0.15) is 6.61 Å². The van der Waals surface area contributed by atoms with Gasteiger partial charge in [0.15, 0.2) is 0 Å². The Bertz CT molecular complexity index is 491. The predicted molar refractivity (Wildman–Crippen MR) is 65.9 cm³/mol. The summed E-state index contributed by atoms with van der Waals surface area (Å²) >= 11 is 0. The van der Waals surface area contributed by atoms with E-state index in [4.69, 9.17) is 5.73 Å². The fourth-order valence-electron chi connectivity index (χ4n) is 1.46. The first-order valence-corrected chi connectivity index (χ1v) is 5.82. The summed E-state index contributed by atoms with van der Waals surface area (Å²) in [6.45, 7) is -1.14. The lowest BCUT2D eigenvalue weighted by atomic mass is 10.1.